The van der Waals surface area contributed by atoms with Crippen LogP contribution in [0.2, 0.25) is 5.02 Å². The van der Waals surface area contributed by atoms with Crippen LogP contribution in [0, 0.1) is 0 Å². The van der Waals surface area contributed by atoms with Gasteiger partial charge in [-0.2, -0.15) is 0 Å². The highest BCUT2D eigenvalue weighted by molar-refractivity contribution is 8.00. The zero-order valence-electron chi connectivity index (χ0n) is 18.3. The van der Waals surface area contributed by atoms with Gasteiger partial charge in [0.15, 0.2) is 5.16 Å². The van der Waals surface area contributed by atoms with Crippen molar-refractivity contribution in [2.45, 2.75) is 41.6 Å². The minimum Gasteiger partial charge on any atom is -0.495 e. The van der Waals surface area contributed by atoms with Crippen LogP contribution in [-0.2, 0) is 24.2 Å². The number of aromatic nitrogens is 2. The number of nitrogens with one attached hydrogen (secondary N) is 1. The monoisotopic (exact) mass is 501 g/mol. The molecule has 0 spiro atoms. The maximum Gasteiger partial charge on any atom is 0.268 e. The van der Waals surface area contributed by atoms with E-state index >= 15 is 0 Å². The van der Waals surface area contributed by atoms with Crippen molar-refractivity contribution in [1.29, 1.82) is 0 Å². The van der Waals surface area contributed by atoms with E-state index in [1.165, 1.54) is 18.9 Å². The van der Waals surface area contributed by atoms with Crippen molar-refractivity contribution < 1.29 is 9.53 Å². The quantitative estimate of drug-likeness (QED) is 0.349. The topological polar surface area (TPSA) is 73.2 Å². The molecule has 1 amide bonds. The number of aryl methyl sites for hydroxylation is 1. The van der Waals surface area contributed by atoms with E-state index in [9.17, 15) is 9.59 Å². The van der Waals surface area contributed by atoms with Crippen LogP contribution < -0.4 is 15.6 Å². The number of hydrogen-bond acceptors (Lipinski definition) is 6. The van der Waals surface area contributed by atoms with Gasteiger partial charge in [-0.1, -0.05) is 60.6 Å². The number of fused-ring (bicyclic) bond motifs is 1. The summed E-state index contributed by atoms with van der Waals surface area (Å²) in [7, 11) is 1.53. The zero-order valence-corrected chi connectivity index (χ0v) is 20.7. The third-order valence-corrected chi connectivity index (χ3v) is 7.62. The first-order valence-corrected chi connectivity index (χ1v) is 12.8. The van der Waals surface area contributed by atoms with Crippen molar-refractivity contribution in [1.82, 2.24) is 9.55 Å². The van der Waals surface area contributed by atoms with Gasteiger partial charge in [0.05, 0.1) is 29.1 Å². The molecule has 0 radical (unpaired) electrons. The van der Waals surface area contributed by atoms with Gasteiger partial charge < -0.3 is 10.1 Å². The average molecular weight is 502 g/mol. The maximum atomic E-state index is 13.3. The van der Waals surface area contributed by atoms with Gasteiger partial charge in [0, 0.05) is 23.2 Å². The van der Waals surface area contributed by atoms with Crippen molar-refractivity contribution in [3.05, 3.63) is 75.2 Å². The number of rotatable bonds is 8. The lowest BCUT2D eigenvalue weighted by atomic mass is 10.1. The summed E-state index contributed by atoms with van der Waals surface area (Å²) < 4.78 is 7.00. The van der Waals surface area contributed by atoms with E-state index in [0.717, 1.165) is 22.6 Å². The Balaban J connectivity index is 1.53. The average Bonchev–Trinajstić information content (AvgIpc) is 3.18. The summed E-state index contributed by atoms with van der Waals surface area (Å²) in [6.07, 6.45) is 1.47. The molecule has 1 atom stereocenters. The Hall–Kier alpha value is -2.42. The fourth-order valence-electron chi connectivity index (χ4n) is 3.62. The molecule has 33 heavy (non-hydrogen) atoms. The molecule has 2 aromatic carbocycles. The molecule has 0 saturated heterocycles. The number of carbonyl (C=O) groups is 1. The van der Waals surface area contributed by atoms with Crippen LogP contribution >= 0.6 is 35.1 Å². The molecule has 4 rings (SSSR count). The summed E-state index contributed by atoms with van der Waals surface area (Å²) in [5, 5.41) is 4.22. The second-order valence-corrected chi connectivity index (χ2v) is 10.5. The Bertz CT molecular complexity index is 1220. The van der Waals surface area contributed by atoms with Crippen LogP contribution in [0.5, 0.6) is 5.75 Å². The van der Waals surface area contributed by atoms with Gasteiger partial charge in [-0.25, -0.2) is 4.98 Å². The number of carbonyl (C=O) groups excluding carboxylic acids is 1. The van der Waals surface area contributed by atoms with Gasteiger partial charge in [-0.3, -0.25) is 14.2 Å². The molecule has 0 saturated carbocycles. The molecule has 6 nitrogen and oxygen atoms in total. The predicted molar refractivity (Wildman–Crippen MR) is 135 cm³/mol. The van der Waals surface area contributed by atoms with Crippen LogP contribution in [0.15, 0.2) is 63.4 Å². The van der Waals surface area contributed by atoms with Crippen molar-refractivity contribution in [2.24, 2.45) is 0 Å². The third kappa shape index (κ3) is 5.75. The van der Waals surface area contributed by atoms with E-state index in [1.807, 2.05) is 30.3 Å². The fourth-order valence-corrected chi connectivity index (χ4v) is 5.75. The molecule has 0 aliphatic carbocycles. The summed E-state index contributed by atoms with van der Waals surface area (Å²) in [4.78, 5) is 31.5. The van der Waals surface area contributed by atoms with Gasteiger partial charge in [0.2, 0.25) is 5.91 Å². The first-order valence-electron chi connectivity index (χ1n) is 10.5. The Morgan fingerprint density at radius 2 is 2.09 bits per heavy atom. The summed E-state index contributed by atoms with van der Waals surface area (Å²) in [5.74, 6) is 0.404. The molecule has 1 aliphatic heterocycles. The second-order valence-electron chi connectivity index (χ2n) is 7.68. The van der Waals surface area contributed by atoms with Crippen molar-refractivity contribution in [3.8, 4) is 5.75 Å². The molecular weight excluding hydrogens is 478 g/mol. The fraction of sp³-hybridized carbons (Fsp3) is 0.292. The number of anilines is 1. The molecule has 1 aromatic heterocycles. The number of ether oxygens (including phenoxy) is 1. The zero-order chi connectivity index (χ0) is 23.4. The number of amides is 1. The minimum absolute atomic E-state index is 0.0234. The van der Waals surface area contributed by atoms with Gasteiger partial charge >= 0.3 is 0 Å². The van der Waals surface area contributed by atoms with E-state index in [1.54, 1.807) is 34.5 Å². The Morgan fingerprint density at radius 1 is 1.30 bits per heavy atom. The molecule has 0 fully saturated rings. The third-order valence-electron chi connectivity index (χ3n) is 5.20. The van der Waals surface area contributed by atoms with Crippen LogP contribution in [0.1, 0.15) is 18.2 Å². The highest BCUT2D eigenvalue weighted by Gasteiger charge is 2.26. The van der Waals surface area contributed by atoms with Crippen LogP contribution in [-0.4, -0.2) is 33.6 Å². The van der Waals surface area contributed by atoms with E-state index < -0.39 is 0 Å². The molecule has 1 N–H and O–H groups in total. The van der Waals surface area contributed by atoms with Gasteiger partial charge in [0.25, 0.3) is 5.56 Å². The van der Waals surface area contributed by atoms with Gasteiger partial charge in [-0.15, -0.1) is 11.8 Å². The molecule has 0 bridgehead atoms. The molecule has 172 valence electrons. The number of thioether (sulfide) groups is 2. The van der Waals surface area contributed by atoms with E-state index in [2.05, 4.69) is 12.2 Å². The van der Waals surface area contributed by atoms with Crippen molar-refractivity contribution in [3.63, 3.8) is 0 Å². The van der Waals surface area contributed by atoms with Crippen LogP contribution in [0.25, 0.3) is 0 Å². The van der Waals surface area contributed by atoms with E-state index in [4.69, 9.17) is 21.3 Å². The lowest BCUT2D eigenvalue weighted by Gasteiger charge is -2.14. The highest BCUT2D eigenvalue weighted by atomic mass is 35.5. The van der Waals surface area contributed by atoms with Crippen LogP contribution in [0.3, 0.4) is 0 Å². The number of benzene rings is 2. The largest absolute Gasteiger partial charge is 0.495 e. The smallest absolute Gasteiger partial charge is 0.268 e. The van der Waals surface area contributed by atoms with Crippen LogP contribution in [0.4, 0.5) is 5.69 Å². The number of hydrogen-bond donors (Lipinski definition) is 1. The molecular formula is C24H24ClN3O3S2. The van der Waals surface area contributed by atoms with E-state index in [-0.39, 0.29) is 17.2 Å². The lowest BCUT2D eigenvalue weighted by Crippen LogP contribution is -2.27. The SMILES string of the molecule is COc1ccc(Cl)cc1NC(=O)CSc1nc2c(c(=O)n1CCc1ccccc1)SC(C)C2. The standard InChI is InChI=1S/C24H24ClN3O3S2/c1-15-12-19-22(33-15)23(30)28(11-10-16-6-4-3-5-7-16)24(27-19)32-14-21(29)26-18-13-17(25)8-9-20(18)31-2/h3-9,13,15H,10-12,14H2,1-2H3,(H,26,29). The van der Waals surface area contributed by atoms with E-state index in [0.29, 0.717) is 39.8 Å². The summed E-state index contributed by atoms with van der Waals surface area (Å²) in [6, 6.07) is 15.1. The number of methoxy groups -OCH3 is 1. The van der Waals surface area contributed by atoms with Crippen molar-refractivity contribution in [2.75, 3.05) is 18.2 Å². The second kappa shape index (κ2) is 10.7. The number of halogens is 1. The Kier molecular flexibility index (Phi) is 7.67. The molecule has 1 unspecified atom stereocenters. The lowest BCUT2D eigenvalue weighted by molar-refractivity contribution is -0.113. The first-order chi connectivity index (χ1) is 15.9. The summed E-state index contributed by atoms with van der Waals surface area (Å²) in [6.45, 7) is 2.60. The summed E-state index contributed by atoms with van der Waals surface area (Å²) >= 11 is 8.91. The molecule has 1 aliphatic rings. The van der Waals surface area contributed by atoms with Crippen molar-refractivity contribution >= 4 is 46.7 Å². The molecule has 3 aromatic rings. The molecule has 2 heterocycles. The normalized spacial score (nSPS) is 14.7. The molecule has 9 heteroatoms. The predicted octanol–water partition coefficient (Wildman–Crippen LogP) is 4.92. The van der Waals surface area contributed by atoms with Gasteiger partial charge in [0.1, 0.15) is 5.75 Å². The minimum atomic E-state index is -0.229. The maximum absolute atomic E-state index is 13.3. The first kappa shape index (κ1) is 23.7. The number of nitrogens with zero attached hydrogens (tertiary/aromatic N) is 2. The van der Waals surface area contributed by atoms with Gasteiger partial charge in [-0.05, 0) is 30.2 Å². The Labute approximate surface area is 206 Å². The summed E-state index contributed by atoms with van der Waals surface area (Å²) in [5.41, 5.74) is 2.45. The highest BCUT2D eigenvalue weighted by Crippen LogP contribution is 2.34. The Morgan fingerprint density at radius 3 is 2.85 bits per heavy atom.